The fourth-order valence-electron chi connectivity index (χ4n) is 2.02. The average molecular weight is 272 g/mol. The number of nitrogens with one attached hydrogen (secondary N) is 1. The van der Waals surface area contributed by atoms with E-state index in [2.05, 4.69) is 5.32 Å². The lowest BCUT2D eigenvalue weighted by atomic mass is 9.80. The molecule has 0 aromatic heterocycles. The molecule has 0 saturated carbocycles. The van der Waals surface area contributed by atoms with Crippen molar-refractivity contribution >= 4 is 11.9 Å². The summed E-state index contributed by atoms with van der Waals surface area (Å²) in [6.45, 7) is 4.90. The second kappa shape index (κ2) is 6.86. The highest BCUT2D eigenvalue weighted by Crippen LogP contribution is 2.30. The summed E-state index contributed by atoms with van der Waals surface area (Å²) < 4.78 is 5.18. The van der Waals surface area contributed by atoms with Crippen LogP contribution in [0.3, 0.4) is 0 Å². The molecule has 0 bridgehead atoms. The third-order valence-corrected chi connectivity index (χ3v) is 3.80. The number of hydrogen-bond acceptors (Lipinski definition) is 4. The Balaban J connectivity index is 2.48. The third kappa shape index (κ3) is 4.47. The number of carboxylic acid groups (broad SMARTS) is 1. The molecule has 1 fully saturated rings. The van der Waals surface area contributed by atoms with Gasteiger partial charge in [0, 0.05) is 32.2 Å². The van der Waals surface area contributed by atoms with E-state index in [0.717, 1.165) is 0 Å². The van der Waals surface area contributed by atoms with E-state index in [4.69, 9.17) is 10.5 Å². The Morgan fingerprint density at radius 1 is 1.37 bits per heavy atom. The Hall–Kier alpha value is -1.14. The predicted molar refractivity (Wildman–Crippen MR) is 70.6 cm³/mol. The molecule has 0 aromatic rings. The van der Waals surface area contributed by atoms with Gasteiger partial charge < -0.3 is 20.9 Å². The van der Waals surface area contributed by atoms with Gasteiger partial charge >= 0.3 is 5.97 Å². The smallest absolute Gasteiger partial charge is 0.311 e. The summed E-state index contributed by atoms with van der Waals surface area (Å²) in [6.07, 6.45) is 1.08. The van der Waals surface area contributed by atoms with Crippen LogP contribution in [0.25, 0.3) is 0 Å². The van der Waals surface area contributed by atoms with Crippen molar-refractivity contribution in [3.05, 3.63) is 0 Å². The summed E-state index contributed by atoms with van der Waals surface area (Å²) in [4.78, 5) is 23.1. The zero-order chi connectivity index (χ0) is 14.5. The second-order valence-corrected chi connectivity index (χ2v) is 5.59. The maximum atomic E-state index is 11.8. The fraction of sp³-hybridized carbons (Fsp3) is 0.846. The number of rotatable bonds is 6. The highest BCUT2D eigenvalue weighted by Gasteiger charge is 2.40. The first-order chi connectivity index (χ1) is 8.87. The van der Waals surface area contributed by atoms with E-state index in [-0.39, 0.29) is 30.8 Å². The van der Waals surface area contributed by atoms with Crippen LogP contribution in [0.1, 0.15) is 33.1 Å². The van der Waals surface area contributed by atoms with Crippen LogP contribution in [0.15, 0.2) is 0 Å². The van der Waals surface area contributed by atoms with Gasteiger partial charge in [0.15, 0.2) is 0 Å². The quantitative estimate of drug-likeness (QED) is 0.648. The Bertz CT molecular complexity index is 325. The van der Waals surface area contributed by atoms with Crippen LogP contribution in [0.4, 0.5) is 0 Å². The molecule has 0 spiro atoms. The second-order valence-electron chi connectivity index (χ2n) is 5.59. The predicted octanol–water partition coefficient (Wildman–Crippen LogP) is 0.357. The first-order valence-corrected chi connectivity index (χ1v) is 6.71. The topological polar surface area (TPSA) is 102 Å². The SMILES string of the molecule is CC(C)C(N)CC(=O)NCC1(C(=O)O)CCOCC1. The molecule has 1 unspecified atom stereocenters. The minimum absolute atomic E-state index is 0.148. The number of ether oxygens (including phenoxy) is 1. The van der Waals surface area contributed by atoms with E-state index in [0.29, 0.717) is 26.1 Å². The van der Waals surface area contributed by atoms with Crippen molar-refractivity contribution in [3.63, 3.8) is 0 Å². The van der Waals surface area contributed by atoms with Crippen molar-refractivity contribution in [3.8, 4) is 0 Å². The lowest BCUT2D eigenvalue weighted by Crippen LogP contribution is -2.47. The van der Waals surface area contributed by atoms with Gasteiger partial charge in [0.2, 0.25) is 5.91 Å². The van der Waals surface area contributed by atoms with Crippen molar-refractivity contribution in [2.24, 2.45) is 17.1 Å². The van der Waals surface area contributed by atoms with Crippen molar-refractivity contribution in [2.45, 2.75) is 39.2 Å². The molecule has 1 rings (SSSR count). The van der Waals surface area contributed by atoms with Gasteiger partial charge in [0.05, 0.1) is 5.41 Å². The van der Waals surface area contributed by atoms with Gasteiger partial charge in [0.1, 0.15) is 0 Å². The monoisotopic (exact) mass is 272 g/mol. The molecule has 0 aromatic carbocycles. The van der Waals surface area contributed by atoms with Crippen LogP contribution in [0.2, 0.25) is 0 Å². The van der Waals surface area contributed by atoms with Gasteiger partial charge in [-0.15, -0.1) is 0 Å². The van der Waals surface area contributed by atoms with Crippen LogP contribution < -0.4 is 11.1 Å². The van der Waals surface area contributed by atoms with E-state index in [1.807, 2.05) is 13.8 Å². The number of carbonyl (C=O) groups excluding carboxylic acids is 1. The summed E-state index contributed by atoms with van der Waals surface area (Å²) >= 11 is 0. The maximum absolute atomic E-state index is 11.8. The molecule has 4 N–H and O–H groups in total. The number of carboxylic acids is 1. The zero-order valence-electron chi connectivity index (χ0n) is 11.6. The van der Waals surface area contributed by atoms with Crippen molar-refractivity contribution in [1.82, 2.24) is 5.32 Å². The molecule has 1 heterocycles. The van der Waals surface area contributed by atoms with E-state index < -0.39 is 11.4 Å². The Kier molecular flexibility index (Phi) is 5.75. The third-order valence-electron chi connectivity index (χ3n) is 3.80. The van der Waals surface area contributed by atoms with Gasteiger partial charge in [-0.05, 0) is 18.8 Å². The molecule has 0 aliphatic carbocycles. The molecule has 19 heavy (non-hydrogen) atoms. The summed E-state index contributed by atoms with van der Waals surface area (Å²) in [5, 5.41) is 12.0. The first kappa shape index (κ1) is 15.9. The molecule has 1 aliphatic heterocycles. The van der Waals surface area contributed by atoms with E-state index in [9.17, 15) is 14.7 Å². The lowest BCUT2D eigenvalue weighted by molar-refractivity contribution is -0.154. The molecule has 110 valence electrons. The Morgan fingerprint density at radius 2 is 1.95 bits per heavy atom. The standard InChI is InChI=1S/C13H24N2O4/c1-9(2)10(14)7-11(16)15-8-13(12(17)18)3-5-19-6-4-13/h9-10H,3-8,14H2,1-2H3,(H,15,16)(H,17,18). The van der Waals surface area contributed by atoms with E-state index >= 15 is 0 Å². The first-order valence-electron chi connectivity index (χ1n) is 6.71. The van der Waals surface area contributed by atoms with Gasteiger partial charge in [-0.25, -0.2) is 0 Å². The minimum atomic E-state index is -0.893. The van der Waals surface area contributed by atoms with Crippen LogP contribution in [-0.4, -0.2) is 42.8 Å². The van der Waals surface area contributed by atoms with Crippen molar-refractivity contribution in [1.29, 1.82) is 0 Å². The molecule has 6 heteroatoms. The largest absolute Gasteiger partial charge is 0.481 e. The van der Waals surface area contributed by atoms with Gasteiger partial charge in [-0.3, -0.25) is 9.59 Å². The summed E-state index contributed by atoms with van der Waals surface area (Å²) in [5.41, 5.74) is 4.93. The molecule has 1 amide bonds. The number of nitrogens with two attached hydrogens (primary N) is 1. The van der Waals surface area contributed by atoms with Crippen LogP contribution in [0.5, 0.6) is 0 Å². The molecular formula is C13H24N2O4. The van der Waals surface area contributed by atoms with E-state index in [1.54, 1.807) is 0 Å². The number of amides is 1. The Labute approximate surface area is 113 Å². The maximum Gasteiger partial charge on any atom is 0.311 e. The van der Waals surface area contributed by atoms with Gasteiger partial charge in [-0.2, -0.15) is 0 Å². The van der Waals surface area contributed by atoms with Gasteiger partial charge in [-0.1, -0.05) is 13.8 Å². The van der Waals surface area contributed by atoms with Crippen molar-refractivity contribution < 1.29 is 19.4 Å². The summed E-state index contributed by atoms with van der Waals surface area (Å²) in [5.74, 6) is -0.833. The molecule has 1 saturated heterocycles. The normalized spacial score (nSPS) is 20.0. The zero-order valence-corrected chi connectivity index (χ0v) is 11.6. The lowest BCUT2D eigenvalue weighted by Gasteiger charge is -2.33. The van der Waals surface area contributed by atoms with Crippen LogP contribution >= 0.6 is 0 Å². The average Bonchev–Trinajstić information content (AvgIpc) is 2.37. The van der Waals surface area contributed by atoms with Crippen LogP contribution in [-0.2, 0) is 14.3 Å². The van der Waals surface area contributed by atoms with Crippen LogP contribution in [0, 0.1) is 11.3 Å². The number of hydrogen-bond donors (Lipinski definition) is 3. The van der Waals surface area contributed by atoms with Gasteiger partial charge in [0.25, 0.3) is 0 Å². The molecule has 1 aliphatic rings. The molecule has 6 nitrogen and oxygen atoms in total. The van der Waals surface area contributed by atoms with Crippen molar-refractivity contribution in [2.75, 3.05) is 19.8 Å². The number of carbonyl (C=O) groups is 2. The number of aliphatic carboxylic acids is 1. The fourth-order valence-corrected chi connectivity index (χ4v) is 2.02. The summed E-state index contributed by atoms with van der Waals surface area (Å²) in [7, 11) is 0. The minimum Gasteiger partial charge on any atom is -0.481 e. The highest BCUT2D eigenvalue weighted by molar-refractivity contribution is 5.79. The Morgan fingerprint density at radius 3 is 2.42 bits per heavy atom. The molecule has 1 atom stereocenters. The molecular weight excluding hydrogens is 248 g/mol. The molecule has 0 radical (unpaired) electrons. The summed E-state index contributed by atoms with van der Waals surface area (Å²) in [6, 6.07) is -0.199. The highest BCUT2D eigenvalue weighted by atomic mass is 16.5. The van der Waals surface area contributed by atoms with E-state index in [1.165, 1.54) is 0 Å².